The second kappa shape index (κ2) is 6.38. The van der Waals surface area contributed by atoms with E-state index in [1.54, 1.807) is 35.7 Å². The van der Waals surface area contributed by atoms with Crippen molar-refractivity contribution in [3.05, 3.63) is 39.8 Å². The molecule has 0 radical (unpaired) electrons. The van der Waals surface area contributed by atoms with E-state index < -0.39 is 0 Å². The van der Waals surface area contributed by atoms with Gasteiger partial charge in [0, 0.05) is 16.6 Å². The van der Waals surface area contributed by atoms with E-state index in [4.69, 9.17) is 10.5 Å². The molecular formula is C14H17N3O2S. The minimum Gasteiger partial charge on any atom is -0.492 e. The van der Waals surface area contributed by atoms with Crippen LogP contribution in [0.1, 0.15) is 27.2 Å². The van der Waals surface area contributed by atoms with Crippen LogP contribution in [0.15, 0.2) is 24.4 Å². The molecule has 0 aliphatic rings. The molecule has 2 aromatic rings. The zero-order valence-electron chi connectivity index (χ0n) is 11.5. The first-order valence-corrected chi connectivity index (χ1v) is 7.13. The summed E-state index contributed by atoms with van der Waals surface area (Å²) in [7, 11) is 0. The summed E-state index contributed by atoms with van der Waals surface area (Å²) in [4.78, 5) is 17.2. The molecule has 0 atom stereocenters. The summed E-state index contributed by atoms with van der Waals surface area (Å²) in [5.74, 6) is 0.438. The molecule has 1 aromatic heterocycles. The van der Waals surface area contributed by atoms with Gasteiger partial charge in [-0.1, -0.05) is 0 Å². The van der Waals surface area contributed by atoms with E-state index >= 15 is 0 Å². The lowest BCUT2D eigenvalue weighted by atomic mass is 10.1. The van der Waals surface area contributed by atoms with Gasteiger partial charge in [0.1, 0.15) is 5.75 Å². The SMILES string of the molecule is CCOc1ccc(C(=O)NCc2cnc(C)s2)cc1N. The standard InChI is InChI=1S/C14H17N3O2S/c1-3-19-13-5-4-10(6-12(13)15)14(18)17-8-11-7-16-9(2)20-11/h4-7H,3,8,15H2,1-2H3,(H,17,18). The van der Waals surface area contributed by atoms with Crippen LogP contribution in [-0.4, -0.2) is 17.5 Å². The highest BCUT2D eigenvalue weighted by atomic mass is 32.1. The second-order valence-electron chi connectivity index (χ2n) is 4.21. The number of anilines is 1. The normalized spacial score (nSPS) is 10.3. The third-order valence-corrected chi connectivity index (χ3v) is 3.58. The van der Waals surface area contributed by atoms with Crippen molar-refractivity contribution in [1.29, 1.82) is 0 Å². The summed E-state index contributed by atoms with van der Waals surface area (Å²) in [6.07, 6.45) is 1.77. The fourth-order valence-electron chi connectivity index (χ4n) is 1.73. The van der Waals surface area contributed by atoms with Crippen LogP contribution in [0.5, 0.6) is 5.75 Å². The first kappa shape index (κ1) is 14.3. The third-order valence-electron chi connectivity index (χ3n) is 2.66. The first-order chi connectivity index (χ1) is 9.60. The monoisotopic (exact) mass is 291 g/mol. The number of thiazole rings is 1. The predicted octanol–water partition coefficient (Wildman–Crippen LogP) is 2.36. The number of amides is 1. The van der Waals surface area contributed by atoms with Gasteiger partial charge in [0.2, 0.25) is 0 Å². The second-order valence-corrected chi connectivity index (χ2v) is 5.53. The van der Waals surface area contributed by atoms with Gasteiger partial charge in [-0.25, -0.2) is 4.98 Å². The van der Waals surface area contributed by atoms with Gasteiger partial charge in [-0.3, -0.25) is 4.79 Å². The largest absolute Gasteiger partial charge is 0.492 e. The lowest BCUT2D eigenvalue weighted by molar-refractivity contribution is 0.0951. The number of benzene rings is 1. The summed E-state index contributed by atoms with van der Waals surface area (Å²) in [5.41, 5.74) is 6.83. The average Bonchev–Trinajstić information content (AvgIpc) is 2.84. The van der Waals surface area contributed by atoms with Gasteiger partial charge < -0.3 is 15.8 Å². The third kappa shape index (κ3) is 3.48. The lowest BCUT2D eigenvalue weighted by Crippen LogP contribution is -2.22. The number of nitrogens with zero attached hydrogens (tertiary/aromatic N) is 1. The number of hydrogen-bond donors (Lipinski definition) is 2. The van der Waals surface area contributed by atoms with E-state index in [1.165, 1.54) is 0 Å². The molecule has 20 heavy (non-hydrogen) atoms. The number of ether oxygens (including phenoxy) is 1. The first-order valence-electron chi connectivity index (χ1n) is 6.32. The van der Waals surface area contributed by atoms with Gasteiger partial charge in [-0.15, -0.1) is 11.3 Å². The Kier molecular flexibility index (Phi) is 4.57. The maximum absolute atomic E-state index is 12.0. The van der Waals surface area contributed by atoms with E-state index in [9.17, 15) is 4.79 Å². The Morgan fingerprint density at radius 3 is 2.90 bits per heavy atom. The quantitative estimate of drug-likeness (QED) is 0.829. The maximum atomic E-state index is 12.0. The highest BCUT2D eigenvalue weighted by molar-refractivity contribution is 7.11. The van der Waals surface area contributed by atoms with Crippen molar-refractivity contribution in [3.8, 4) is 5.75 Å². The number of nitrogens with one attached hydrogen (secondary N) is 1. The van der Waals surface area contributed by atoms with Crippen molar-refractivity contribution in [1.82, 2.24) is 10.3 Å². The molecule has 6 heteroatoms. The molecule has 1 aromatic carbocycles. The fraction of sp³-hybridized carbons (Fsp3) is 0.286. The molecule has 0 aliphatic heterocycles. The maximum Gasteiger partial charge on any atom is 0.251 e. The summed E-state index contributed by atoms with van der Waals surface area (Å²) in [5, 5.41) is 3.83. The van der Waals surface area contributed by atoms with E-state index in [2.05, 4.69) is 10.3 Å². The summed E-state index contributed by atoms with van der Waals surface area (Å²) in [6, 6.07) is 5.04. The van der Waals surface area contributed by atoms with E-state index in [-0.39, 0.29) is 5.91 Å². The molecule has 106 valence electrons. The minimum atomic E-state index is -0.161. The molecule has 0 unspecified atom stereocenters. The van der Waals surface area contributed by atoms with E-state index in [1.807, 2.05) is 13.8 Å². The number of carbonyl (C=O) groups is 1. The number of nitrogens with two attached hydrogens (primary N) is 1. The molecule has 0 aliphatic carbocycles. The number of nitrogen functional groups attached to an aromatic ring is 1. The van der Waals surface area contributed by atoms with Crippen molar-refractivity contribution in [2.24, 2.45) is 0 Å². The lowest BCUT2D eigenvalue weighted by Gasteiger charge is -2.09. The predicted molar refractivity (Wildman–Crippen MR) is 80.0 cm³/mol. The fourth-order valence-corrected chi connectivity index (χ4v) is 2.47. The highest BCUT2D eigenvalue weighted by Gasteiger charge is 2.09. The Labute approximate surface area is 121 Å². The zero-order chi connectivity index (χ0) is 14.5. The molecule has 0 saturated carbocycles. The van der Waals surface area contributed by atoms with Crippen molar-refractivity contribution < 1.29 is 9.53 Å². The molecule has 5 nitrogen and oxygen atoms in total. The molecule has 0 fully saturated rings. The Morgan fingerprint density at radius 2 is 2.30 bits per heavy atom. The van der Waals surface area contributed by atoms with Crippen LogP contribution in [0.4, 0.5) is 5.69 Å². The van der Waals surface area contributed by atoms with Gasteiger partial charge in [0.25, 0.3) is 5.91 Å². The van der Waals surface area contributed by atoms with Crippen LogP contribution < -0.4 is 15.8 Å². The molecule has 0 bridgehead atoms. The van der Waals surface area contributed by atoms with E-state index in [0.29, 0.717) is 30.2 Å². The Bertz CT molecular complexity index is 610. The number of carbonyl (C=O) groups excluding carboxylic acids is 1. The van der Waals surface area contributed by atoms with Crippen molar-refractivity contribution in [2.75, 3.05) is 12.3 Å². The zero-order valence-corrected chi connectivity index (χ0v) is 12.3. The average molecular weight is 291 g/mol. The van der Waals surface area contributed by atoms with Crippen LogP contribution in [0.3, 0.4) is 0 Å². The van der Waals surface area contributed by atoms with Crippen LogP contribution in [0.2, 0.25) is 0 Å². The van der Waals surface area contributed by atoms with Crippen molar-refractivity contribution in [2.45, 2.75) is 20.4 Å². The van der Waals surface area contributed by atoms with Crippen LogP contribution in [0, 0.1) is 6.92 Å². The number of hydrogen-bond acceptors (Lipinski definition) is 5. The summed E-state index contributed by atoms with van der Waals surface area (Å²) in [6.45, 7) is 4.83. The molecule has 2 rings (SSSR count). The van der Waals surface area contributed by atoms with Crippen LogP contribution in [0.25, 0.3) is 0 Å². The van der Waals surface area contributed by atoms with Gasteiger partial charge in [-0.2, -0.15) is 0 Å². The van der Waals surface area contributed by atoms with Gasteiger partial charge in [-0.05, 0) is 32.0 Å². The smallest absolute Gasteiger partial charge is 0.251 e. The molecule has 1 amide bonds. The van der Waals surface area contributed by atoms with Crippen molar-refractivity contribution >= 4 is 22.9 Å². The summed E-state index contributed by atoms with van der Waals surface area (Å²) < 4.78 is 5.34. The van der Waals surface area contributed by atoms with Crippen LogP contribution in [-0.2, 0) is 6.54 Å². The highest BCUT2D eigenvalue weighted by Crippen LogP contribution is 2.22. The summed E-state index contributed by atoms with van der Waals surface area (Å²) >= 11 is 1.57. The van der Waals surface area contributed by atoms with Gasteiger partial charge in [0.05, 0.1) is 23.8 Å². The molecule has 0 saturated heterocycles. The molecule has 0 spiro atoms. The Hall–Kier alpha value is -2.08. The molecular weight excluding hydrogens is 274 g/mol. The molecule has 1 heterocycles. The number of rotatable bonds is 5. The Morgan fingerprint density at radius 1 is 1.50 bits per heavy atom. The van der Waals surface area contributed by atoms with Gasteiger partial charge >= 0.3 is 0 Å². The van der Waals surface area contributed by atoms with Gasteiger partial charge in [0.15, 0.2) is 0 Å². The van der Waals surface area contributed by atoms with Crippen LogP contribution >= 0.6 is 11.3 Å². The van der Waals surface area contributed by atoms with E-state index in [0.717, 1.165) is 9.88 Å². The number of aryl methyl sites for hydroxylation is 1. The van der Waals surface area contributed by atoms with Crippen molar-refractivity contribution in [3.63, 3.8) is 0 Å². The minimum absolute atomic E-state index is 0.161. The number of aromatic nitrogens is 1. The topological polar surface area (TPSA) is 77.2 Å². The molecule has 3 N–H and O–H groups in total. The Balaban J connectivity index is 2.00.